The number of alkyl halides is 3. The van der Waals surface area contributed by atoms with Crippen molar-refractivity contribution in [3.05, 3.63) is 82.9 Å². The Balaban J connectivity index is 1.46. The summed E-state index contributed by atoms with van der Waals surface area (Å²) in [5, 5.41) is 6.13. The van der Waals surface area contributed by atoms with Crippen LogP contribution in [0.5, 0.6) is 0 Å². The third-order valence-corrected chi connectivity index (χ3v) is 6.95. The Morgan fingerprint density at radius 2 is 1.85 bits per heavy atom. The minimum Gasteiger partial charge on any atom is -0.469 e. The lowest BCUT2D eigenvalue weighted by Gasteiger charge is -2.22. The fourth-order valence-corrected chi connectivity index (χ4v) is 5.18. The average molecular weight is 470 g/mol. The van der Waals surface area contributed by atoms with E-state index in [0.29, 0.717) is 0 Å². The number of hydrogen-bond donors (Lipinski definition) is 1. The zero-order valence-electron chi connectivity index (χ0n) is 19.5. The van der Waals surface area contributed by atoms with Gasteiger partial charge in [0, 0.05) is 18.5 Å². The maximum Gasteiger partial charge on any atom is 0.416 e. The highest BCUT2D eigenvalue weighted by molar-refractivity contribution is 5.86. The second-order valence-corrected chi connectivity index (χ2v) is 9.15. The van der Waals surface area contributed by atoms with Gasteiger partial charge in [0.1, 0.15) is 0 Å². The second-order valence-electron chi connectivity index (χ2n) is 9.15. The molecule has 34 heavy (non-hydrogen) atoms. The van der Waals surface area contributed by atoms with Crippen molar-refractivity contribution < 1.29 is 22.7 Å². The summed E-state index contributed by atoms with van der Waals surface area (Å²) in [7, 11) is 1.24. The average Bonchev–Trinajstić information content (AvgIpc) is 3.29. The van der Waals surface area contributed by atoms with Crippen molar-refractivity contribution in [1.82, 2.24) is 5.32 Å². The molecule has 180 valence electrons. The van der Waals surface area contributed by atoms with Gasteiger partial charge in [0.15, 0.2) is 0 Å². The van der Waals surface area contributed by atoms with Gasteiger partial charge in [-0.05, 0) is 72.1 Å². The SMILES string of the molecule is COC(=O)CCc1ccc([C@H]2CC[C@@H](N[C@H](C)c3cccc4ccccc34)C2)cc1C(F)(F)F. The molecule has 0 aliphatic heterocycles. The Morgan fingerprint density at radius 1 is 1.09 bits per heavy atom. The summed E-state index contributed by atoms with van der Waals surface area (Å²) < 4.78 is 45.8. The van der Waals surface area contributed by atoms with Gasteiger partial charge in [-0.25, -0.2) is 0 Å². The third-order valence-electron chi connectivity index (χ3n) is 6.95. The van der Waals surface area contributed by atoms with Crippen molar-refractivity contribution in [3.63, 3.8) is 0 Å². The molecule has 0 amide bonds. The molecular weight excluding hydrogens is 439 g/mol. The minimum absolute atomic E-state index is 0.0131. The van der Waals surface area contributed by atoms with Crippen molar-refractivity contribution in [2.24, 2.45) is 0 Å². The van der Waals surface area contributed by atoms with E-state index in [1.54, 1.807) is 6.07 Å². The number of carbonyl (C=O) groups excluding carboxylic acids is 1. The van der Waals surface area contributed by atoms with Crippen LogP contribution >= 0.6 is 0 Å². The predicted octanol–water partition coefficient (Wildman–Crippen LogP) is 6.95. The van der Waals surface area contributed by atoms with E-state index >= 15 is 0 Å². The number of fused-ring (bicyclic) bond motifs is 1. The highest BCUT2D eigenvalue weighted by Gasteiger charge is 2.35. The van der Waals surface area contributed by atoms with Gasteiger partial charge in [-0.1, -0.05) is 54.6 Å². The van der Waals surface area contributed by atoms with Crippen LogP contribution in [0, 0.1) is 0 Å². The summed E-state index contributed by atoms with van der Waals surface area (Å²) >= 11 is 0. The fraction of sp³-hybridized carbons (Fsp3) is 0.393. The Hall–Kier alpha value is -2.86. The van der Waals surface area contributed by atoms with Gasteiger partial charge in [-0.2, -0.15) is 13.2 Å². The first-order chi connectivity index (χ1) is 16.3. The summed E-state index contributed by atoms with van der Waals surface area (Å²) in [5.41, 5.74) is 1.44. The molecule has 4 rings (SSSR count). The van der Waals surface area contributed by atoms with E-state index in [2.05, 4.69) is 47.3 Å². The molecule has 0 unspecified atom stereocenters. The molecule has 1 aliphatic carbocycles. The highest BCUT2D eigenvalue weighted by atomic mass is 19.4. The largest absolute Gasteiger partial charge is 0.469 e. The molecule has 1 fully saturated rings. The quantitative estimate of drug-likeness (QED) is 0.381. The predicted molar refractivity (Wildman–Crippen MR) is 128 cm³/mol. The molecule has 1 aliphatic rings. The molecule has 3 aromatic rings. The minimum atomic E-state index is -4.46. The third kappa shape index (κ3) is 5.44. The number of aryl methyl sites for hydroxylation is 1. The summed E-state index contributed by atoms with van der Waals surface area (Å²) in [6.07, 6.45) is -1.95. The Morgan fingerprint density at radius 3 is 2.62 bits per heavy atom. The van der Waals surface area contributed by atoms with Crippen molar-refractivity contribution in [2.75, 3.05) is 7.11 Å². The van der Waals surface area contributed by atoms with E-state index in [4.69, 9.17) is 0 Å². The zero-order chi connectivity index (χ0) is 24.3. The second kappa shape index (κ2) is 10.2. The van der Waals surface area contributed by atoms with Gasteiger partial charge in [0.25, 0.3) is 0 Å². The van der Waals surface area contributed by atoms with Gasteiger partial charge in [0.05, 0.1) is 12.7 Å². The number of methoxy groups -OCH3 is 1. The van der Waals surface area contributed by atoms with Crippen molar-refractivity contribution in [3.8, 4) is 0 Å². The molecule has 0 heterocycles. The lowest BCUT2D eigenvalue weighted by molar-refractivity contribution is -0.142. The van der Waals surface area contributed by atoms with Crippen LogP contribution in [0.1, 0.15) is 66.8 Å². The van der Waals surface area contributed by atoms with E-state index in [1.807, 2.05) is 12.1 Å². The van der Waals surface area contributed by atoms with Gasteiger partial charge in [-0.3, -0.25) is 4.79 Å². The molecule has 6 heteroatoms. The van der Waals surface area contributed by atoms with Crippen molar-refractivity contribution in [1.29, 1.82) is 0 Å². The van der Waals surface area contributed by atoms with Crippen LogP contribution in [0.3, 0.4) is 0 Å². The fourth-order valence-electron chi connectivity index (χ4n) is 5.18. The number of nitrogens with one attached hydrogen (secondary N) is 1. The highest BCUT2D eigenvalue weighted by Crippen LogP contribution is 2.40. The van der Waals surface area contributed by atoms with Crippen LogP contribution in [0.4, 0.5) is 13.2 Å². The molecule has 0 spiro atoms. The molecule has 3 nitrogen and oxygen atoms in total. The van der Waals surface area contributed by atoms with Gasteiger partial charge in [0.2, 0.25) is 0 Å². The number of benzene rings is 3. The van der Waals surface area contributed by atoms with E-state index in [1.165, 1.54) is 35.6 Å². The summed E-state index contributed by atoms with van der Waals surface area (Å²) in [5.74, 6) is -0.435. The van der Waals surface area contributed by atoms with E-state index < -0.39 is 17.7 Å². The molecule has 0 saturated heterocycles. The van der Waals surface area contributed by atoms with Crippen LogP contribution in [0.15, 0.2) is 60.7 Å². The lowest BCUT2D eigenvalue weighted by Crippen LogP contribution is -2.29. The van der Waals surface area contributed by atoms with E-state index in [-0.39, 0.29) is 36.4 Å². The van der Waals surface area contributed by atoms with Crippen molar-refractivity contribution >= 4 is 16.7 Å². The molecule has 1 N–H and O–H groups in total. The van der Waals surface area contributed by atoms with Crippen LogP contribution < -0.4 is 5.32 Å². The summed E-state index contributed by atoms with van der Waals surface area (Å²) in [6.45, 7) is 2.15. The number of carbonyl (C=O) groups is 1. The van der Waals surface area contributed by atoms with Gasteiger partial charge in [-0.15, -0.1) is 0 Å². The maximum absolute atomic E-state index is 13.8. The Kier molecular flexibility index (Phi) is 7.27. The van der Waals surface area contributed by atoms with Gasteiger partial charge >= 0.3 is 12.1 Å². The maximum atomic E-state index is 13.8. The molecule has 0 aromatic heterocycles. The summed E-state index contributed by atoms with van der Waals surface area (Å²) in [6, 6.07) is 19.6. The molecule has 1 saturated carbocycles. The molecular formula is C28H30F3NO2. The standard InChI is InChI=1S/C28H30F3NO2/c1-18(24-9-5-7-19-6-3-4-8-25(19)24)32-23-14-12-21(16-23)22-11-10-20(13-15-27(33)34-2)26(17-22)28(29,30)31/h3-11,17-18,21,23,32H,12-16H2,1-2H3/t18-,21+,23-/m1/s1. The summed E-state index contributed by atoms with van der Waals surface area (Å²) in [4.78, 5) is 11.4. The number of halogens is 3. The number of rotatable bonds is 7. The number of esters is 1. The first-order valence-electron chi connectivity index (χ1n) is 11.8. The Bertz CT molecular complexity index is 1150. The van der Waals surface area contributed by atoms with E-state index in [0.717, 1.165) is 24.8 Å². The Labute approximate surface area is 198 Å². The smallest absolute Gasteiger partial charge is 0.416 e. The first-order valence-corrected chi connectivity index (χ1v) is 11.8. The molecule has 3 aromatic carbocycles. The van der Waals surface area contributed by atoms with Crippen LogP contribution in [-0.2, 0) is 22.1 Å². The normalized spacial score (nSPS) is 19.3. The van der Waals surface area contributed by atoms with E-state index in [9.17, 15) is 18.0 Å². The van der Waals surface area contributed by atoms with Crippen LogP contribution in [0.25, 0.3) is 10.8 Å². The first kappa shape index (κ1) is 24.3. The monoisotopic (exact) mass is 469 g/mol. The van der Waals surface area contributed by atoms with Crippen LogP contribution in [0.2, 0.25) is 0 Å². The van der Waals surface area contributed by atoms with Gasteiger partial charge < -0.3 is 10.1 Å². The molecule has 0 radical (unpaired) electrons. The lowest BCUT2D eigenvalue weighted by atomic mass is 9.92. The molecule has 3 atom stereocenters. The number of hydrogen-bond acceptors (Lipinski definition) is 3. The van der Waals surface area contributed by atoms with Crippen LogP contribution in [-0.4, -0.2) is 19.1 Å². The number of ether oxygens (including phenoxy) is 1. The molecule has 0 bridgehead atoms. The zero-order valence-corrected chi connectivity index (χ0v) is 19.5. The van der Waals surface area contributed by atoms with Crippen molar-refractivity contribution in [2.45, 2.75) is 63.2 Å². The topological polar surface area (TPSA) is 38.3 Å².